The molecule has 0 aliphatic heterocycles. The summed E-state index contributed by atoms with van der Waals surface area (Å²) in [4.78, 5) is 15.4. The third-order valence-electron chi connectivity index (χ3n) is 2.14. The van der Waals surface area contributed by atoms with E-state index < -0.39 is 17.4 Å². The Morgan fingerprint density at radius 3 is 2.59 bits per heavy atom. The Labute approximate surface area is 101 Å². The lowest BCUT2D eigenvalue weighted by molar-refractivity contribution is 0.103. The Morgan fingerprint density at radius 2 is 1.94 bits per heavy atom. The molecule has 0 fully saturated rings. The lowest BCUT2D eigenvalue weighted by Gasteiger charge is -2.02. The number of carbonyl (C=O) groups is 1. The molecular formula is C12H6ClF2NO. The largest absolute Gasteiger partial charge is 0.288 e. The van der Waals surface area contributed by atoms with Gasteiger partial charge in [-0.2, -0.15) is 0 Å². The summed E-state index contributed by atoms with van der Waals surface area (Å²) in [7, 11) is 0. The van der Waals surface area contributed by atoms with Crippen LogP contribution < -0.4 is 0 Å². The van der Waals surface area contributed by atoms with Crippen molar-refractivity contribution in [1.29, 1.82) is 0 Å². The fraction of sp³-hybridized carbons (Fsp3) is 0. The highest BCUT2D eigenvalue weighted by Gasteiger charge is 2.15. The minimum Gasteiger partial charge on any atom is -0.288 e. The smallest absolute Gasteiger partial charge is 0.197 e. The van der Waals surface area contributed by atoms with Gasteiger partial charge in [0.25, 0.3) is 0 Å². The third-order valence-corrected chi connectivity index (χ3v) is 2.38. The first-order valence-corrected chi connectivity index (χ1v) is 5.06. The monoisotopic (exact) mass is 253 g/mol. The number of aromatic nitrogens is 1. The zero-order valence-electron chi connectivity index (χ0n) is 8.45. The molecule has 0 aliphatic rings. The molecule has 0 aliphatic carbocycles. The first kappa shape index (κ1) is 11.7. The molecule has 0 radical (unpaired) electrons. The van der Waals surface area contributed by atoms with Crippen molar-refractivity contribution in [2.24, 2.45) is 0 Å². The van der Waals surface area contributed by atoms with Crippen molar-refractivity contribution >= 4 is 17.4 Å². The number of rotatable bonds is 2. The number of hydrogen-bond acceptors (Lipinski definition) is 2. The molecule has 1 heterocycles. The summed E-state index contributed by atoms with van der Waals surface area (Å²) >= 11 is 5.57. The van der Waals surface area contributed by atoms with E-state index in [0.29, 0.717) is 0 Å². The predicted octanol–water partition coefficient (Wildman–Crippen LogP) is 3.24. The maximum absolute atomic E-state index is 13.5. The Hall–Kier alpha value is -1.81. The summed E-state index contributed by atoms with van der Waals surface area (Å²) in [6, 6.07) is 4.68. The molecule has 0 N–H and O–H groups in total. The van der Waals surface area contributed by atoms with Crippen LogP contribution in [0.1, 0.15) is 15.9 Å². The Morgan fingerprint density at radius 1 is 1.18 bits per heavy atom. The molecule has 0 atom stereocenters. The molecule has 86 valence electrons. The van der Waals surface area contributed by atoms with Gasteiger partial charge in [0, 0.05) is 16.8 Å². The quantitative estimate of drug-likeness (QED) is 0.769. The molecule has 0 saturated carbocycles. The fourth-order valence-corrected chi connectivity index (χ4v) is 1.52. The first-order valence-electron chi connectivity index (χ1n) is 4.68. The highest BCUT2D eigenvalue weighted by Crippen LogP contribution is 2.17. The summed E-state index contributed by atoms with van der Waals surface area (Å²) in [6.45, 7) is 0. The van der Waals surface area contributed by atoms with Crippen LogP contribution in [0.25, 0.3) is 0 Å². The van der Waals surface area contributed by atoms with Crippen LogP contribution in [0.4, 0.5) is 8.78 Å². The molecule has 0 bridgehead atoms. The van der Waals surface area contributed by atoms with Gasteiger partial charge in [0.1, 0.15) is 11.6 Å². The molecule has 0 unspecified atom stereocenters. The van der Waals surface area contributed by atoms with E-state index in [1.165, 1.54) is 18.3 Å². The molecule has 17 heavy (non-hydrogen) atoms. The zero-order chi connectivity index (χ0) is 12.4. The van der Waals surface area contributed by atoms with Crippen LogP contribution >= 0.6 is 11.6 Å². The van der Waals surface area contributed by atoms with E-state index >= 15 is 0 Å². The number of nitrogens with zero attached hydrogens (tertiary/aromatic N) is 1. The molecule has 0 spiro atoms. The maximum atomic E-state index is 13.5. The highest BCUT2D eigenvalue weighted by atomic mass is 35.5. The molecule has 2 rings (SSSR count). The average Bonchev–Trinajstić information content (AvgIpc) is 2.28. The van der Waals surface area contributed by atoms with Crippen LogP contribution in [0.3, 0.4) is 0 Å². The molecule has 1 aromatic carbocycles. The van der Waals surface area contributed by atoms with E-state index in [4.69, 9.17) is 11.6 Å². The van der Waals surface area contributed by atoms with E-state index in [9.17, 15) is 13.6 Å². The normalized spacial score (nSPS) is 10.3. The Kier molecular flexibility index (Phi) is 3.15. The molecule has 2 aromatic rings. The summed E-state index contributed by atoms with van der Waals surface area (Å²) in [5, 5.41) is 0.191. The van der Waals surface area contributed by atoms with Crippen LogP contribution in [0.2, 0.25) is 5.02 Å². The van der Waals surface area contributed by atoms with Gasteiger partial charge in [-0.15, -0.1) is 0 Å². The fourth-order valence-electron chi connectivity index (χ4n) is 1.37. The zero-order valence-corrected chi connectivity index (χ0v) is 9.21. The molecule has 2 nitrogen and oxygen atoms in total. The molecule has 5 heteroatoms. The minimum atomic E-state index is -0.744. The van der Waals surface area contributed by atoms with E-state index in [1.807, 2.05) is 0 Å². The van der Waals surface area contributed by atoms with E-state index in [1.54, 1.807) is 0 Å². The SMILES string of the molecule is O=C(c1cncc(F)c1)c1ccc(Cl)cc1F. The summed E-state index contributed by atoms with van der Waals surface area (Å²) < 4.78 is 26.3. The van der Waals surface area contributed by atoms with Crippen molar-refractivity contribution in [3.05, 3.63) is 64.4 Å². The Bertz CT molecular complexity index is 586. The second-order valence-electron chi connectivity index (χ2n) is 3.35. The van der Waals surface area contributed by atoms with Crippen molar-refractivity contribution in [2.45, 2.75) is 0 Å². The second-order valence-corrected chi connectivity index (χ2v) is 3.78. The molecule has 0 amide bonds. The Balaban J connectivity index is 2.44. The topological polar surface area (TPSA) is 30.0 Å². The number of pyridine rings is 1. The number of carbonyl (C=O) groups excluding carboxylic acids is 1. The van der Waals surface area contributed by atoms with Crippen molar-refractivity contribution in [2.75, 3.05) is 0 Å². The molecule has 0 saturated heterocycles. The van der Waals surface area contributed by atoms with E-state index in [2.05, 4.69) is 4.98 Å². The summed E-state index contributed by atoms with van der Waals surface area (Å²) in [5.41, 5.74) is -0.173. The van der Waals surface area contributed by atoms with Crippen molar-refractivity contribution in [3.63, 3.8) is 0 Å². The number of halogens is 3. The van der Waals surface area contributed by atoms with Gasteiger partial charge < -0.3 is 0 Å². The minimum absolute atomic E-state index is 0.00813. The number of hydrogen-bond donors (Lipinski definition) is 0. The number of ketones is 1. The van der Waals surface area contributed by atoms with Crippen molar-refractivity contribution in [3.8, 4) is 0 Å². The van der Waals surface area contributed by atoms with E-state index in [-0.39, 0.29) is 16.1 Å². The van der Waals surface area contributed by atoms with Gasteiger partial charge in [0.15, 0.2) is 5.78 Å². The van der Waals surface area contributed by atoms with Gasteiger partial charge in [-0.3, -0.25) is 9.78 Å². The number of benzene rings is 1. The lowest BCUT2D eigenvalue weighted by Crippen LogP contribution is -2.05. The van der Waals surface area contributed by atoms with Crippen molar-refractivity contribution in [1.82, 2.24) is 4.98 Å². The predicted molar refractivity (Wildman–Crippen MR) is 59.0 cm³/mol. The van der Waals surface area contributed by atoms with Gasteiger partial charge in [0.05, 0.1) is 11.8 Å². The first-order chi connectivity index (χ1) is 8.08. The summed E-state index contributed by atoms with van der Waals surface area (Å²) in [6.07, 6.45) is 2.15. The third kappa shape index (κ3) is 2.47. The van der Waals surface area contributed by atoms with Crippen molar-refractivity contribution < 1.29 is 13.6 Å². The lowest BCUT2D eigenvalue weighted by atomic mass is 10.0. The van der Waals surface area contributed by atoms with Crippen LogP contribution in [0.5, 0.6) is 0 Å². The standard InChI is InChI=1S/C12H6ClF2NO/c13-8-1-2-10(11(15)4-8)12(17)7-3-9(14)6-16-5-7/h1-6H. The van der Waals surface area contributed by atoms with E-state index in [0.717, 1.165) is 18.3 Å². The molecular weight excluding hydrogens is 248 g/mol. The van der Waals surface area contributed by atoms with Gasteiger partial charge in [-0.05, 0) is 24.3 Å². The van der Waals surface area contributed by atoms with Gasteiger partial charge in [-0.1, -0.05) is 11.6 Å². The average molecular weight is 254 g/mol. The second kappa shape index (κ2) is 4.59. The van der Waals surface area contributed by atoms with Gasteiger partial charge in [-0.25, -0.2) is 8.78 Å². The van der Waals surface area contributed by atoms with Crippen LogP contribution in [-0.4, -0.2) is 10.8 Å². The van der Waals surface area contributed by atoms with Gasteiger partial charge >= 0.3 is 0 Å². The van der Waals surface area contributed by atoms with Crippen LogP contribution in [0, 0.1) is 11.6 Å². The molecule has 1 aromatic heterocycles. The van der Waals surface area contributed by atoms with Crippen LogP contribution in [-0.2, 0) is 0 Å². The summed E-state index contributed by atoms with van der Waals surface area (Å²) in [5.74, 6) is -2.02. The maximum Gasteiger partial charge on any atom is 0.197 e. The highest BCUT2D eigenvalue weighted by molar-refractivity contribution is 6.30. The van der Waals surface area contributed by atoms with Crippen LogP contribution in [0.15, 0.2) is 36.7 Å². The van der Waals surface area contributed by atoms with Gasteiger partial charge in [0.2, 0.25) is 0 Å².